The summed E-state index contributed by atoms with van der Waals surface area (Å²) in [5, 5.41) is 22.1. The first-order valence-corrected chi connectivity index (χ1v) is 9.97. The first kappa shape index (κ1) is 19.0. The molecule has 0 amide bonds. The molecule has 2 aromatic carbocycles. The molecule has 0 aromatic heterocycles. The van der Waals surface area contributed by atoms with Crippen molar-refractivity contribution in [3.8, 4) is 11.9 Å². The first-order chi connectivity index (χ1) is 14.2. The second-order valence-corrected chi connectivity index (χ2v) is 7.16. The number of allylic oxidation sites excluding steroid dienone is 1. The average Bonchev–Trinajstić information content (AvgIpc) is 2.75. The molecule has 29 heavy (non-hydrogen) atoms. The number of rotatable bonds is 6. The van der Waals surface area contributed by atoms with E-state index in [1.54, 1.807) is 0 Å². The van der Waals surface area contributed by atoms with Crippen LogP contribution in [0.15, 0.2) is 59.3 Å². The maximum Gasteiger partial charge on any atom is 0.206 e. The molecule has 1 aliphatic carbocycles. The lowest BCUT2D eigenvalue weighted by atomic mass is 9.89. The van der Waals surface area contributed by atoms with Crippen molar-refractivity contribution < 1.29 is 9.84 Å². The van der Waals surface area contributed by atoms with E-state index in [2.05, 4.69) is 28.2 Å². The van der Waals surface area contributed by atoms with Crippen LogP contribution in [0.3, 0.4) is 0 Å². The van der Waals surface area contributed by atoms with E-state index in [9.17, 15) is 5.11 Å². The number of aliphatic hydroxyl groups excluding tert-OH is 1. The van der Waals surface area contributed by atoms with Gasteiger partial charge in [-0.15, -0.1) is 0 Å². The van der Waals surface area contributed by atoms with Crippen LogP contribution >= 0.6 is 0 Å². The molecule has 0 saturated carbocycles. The van der Waals surface area contributed by atoms with Gasteiger partial charge in [-0.1, -0.05) is 37.6 Å². The second-order valence-electron chi connectivity index (χ2n) is 7.16. The smallest absolute Gasteiger partial charge is 0.206 e. The summed E-state index contributed by atoms with van der Waals surface area (Å²) in [7, 11) is 0. The Kier molecular flexibility index (Phi) is 5.50. The fraction of sp³-hybridized carbons (Fsp3) is 0.304. The minimum absolute atomic E-state index is 0.109. The monoisotopic (exact) mass is 388 g/mol. The van der Waals surface area contributed by atoms with Crippen LogP contribution < -0.4 is 15.0 Å². The van der Waals surface area contributed by atoms with Crippen LogP contribution in [0.4, 0.5) is 11.4 Å². The van der Waals surface area contributed by atoms with Crippen LogP contribution in [0.1, 0.15) is 36.9 Å². The summed E-state index contributed by atoms with van der Waals surface area (Å²) in [5.41, 5.74) is 4.53. The summed E-state index contributed by atoms with van der Waals surface area (Å²) < 4.78 is 6.26. The number of fused-ring (bicyclic) bond motifs is 4. The molecule has 148 valence electrons. The topological polar surface area (TPSA) is 80.9 Å². The van der Waals surface area contributed by atoms with E-state index in [1.807, 2.05) is 48.7 Å². The number of benzene rings is 2. The van der Waals surface area contributed by atoms with Crippen molar-refractivity contribution in [1.82, 2.24) is 0 Å². The molecule has 0 bridgehead atoms. The Morgan fingerprint density at radius 2 is 2.10 bits per heavy atom. The molecule has 2 aliphatic rings. The van der Waals surface area contributed by atoms with Crippen molar-refractivity contribution in [3.05, 3.63) is 65.4 Å². The number of ether oxygens (including phenoxy) is 1. The Morgan fingerprint density at radius 3 is 2.90 bits per heavy atom. The molecule has 0 spiro atoms. The van der Waals surface area contributed by atoms with Crippen molar-refractivity contribution in [2.24, 2.45) is 4.99 Å². The highest BCUT2D eigenvalue weighted by Gasteiger charge is 2.32. The van der Waals surface area contributed by atoms with Crippen molar-refractivity contribution in [3.63, 3.8) is 0 Å². The van der Waals surface area contributed by atoms with Gasteiger partial charge in [-0.2, -0.15) is 10.3 Å². The van der Waals surface area contributed by atoms with Crippen molar-refractivity contribution in [2.75, 3.05) is 29.9 Å². The fourth-order valence-electron chi connectivity index (χ4n) is 3.85. The SMILES string of the molecule is CCCCN(CCO)c1ccc2c(c1)OC1=CC(=NC#N)c3ccccc3C1N2. The number of unbranched alkanes of at least 4 members (excludes halogenated alkanes) is 1. The van der Waals surface area contributed by atoms with E-state index in [0.717, 1.165) is 53.4 Å². The molecule has 1 unspecified atom stereocenters. The number of nitriles is 1. The van der Waals surface area contributed by atoms with Gasteiger partial charge in [0.2, 0.25) is 6.19 Å². The Morgan fingerprint density at radius 1 is 1.24 bits per heavy atom. The zero-order valence-electron chi connectivity index (χ0n) is 16.4. The summed E-state index contributed by atoms with van der Waals surface area (Å²) in [5.74, 6) is 1.46. The summed E-state index contributed by atoms with van der Waals surface area (Å²) >= 11 is 0. The highest BCUT2D eigenvalue weighted by molar-refractivity contribution is 6.12. The molecule has 1 aliphatic heterocycles. The quantitative estimate of drug-likeness (QED) is 0.731. The summed E-state index contributed by atoms with van der Waals surface area (Å²) in [6, 6.07) is 13.9. The van der Waals surface area contributed by atoms with Crippen LogP contribution in [-0.4, -0.2) is 30.5 Å². The van der Waals surface area contributed by atoms with Gasteiger partial charge in [0.15, 0.2) is 5.75 Å². The van der Waals surface area contributed by atoms with E-state index < -0.39 is 0 Å². The minimum atomic E-state index is -0.115. The maximum absolute atomic E-state index is 9.43. The lowest BCUT2D eigenvalue weighted by Crippen LogP contribution is -2.29. The largest absolute Gasteiger partial charge is 0.457 e. The normalized spacial score (nSPS) is 17.8. The van der Waals surface area contributed by atoms with Gasteiger partial charge in [-0.05, 0) is 24.1 Å². The van der Waals surface area contributed by atoms with E-state index in [0.29, 0.717) is 12.3 Å². The van der Waals surface area contributed by atoms with Crippen LogP contribution in [0.25, 0.3) is 0 Å². The number of nitrogens with one attached hydrogen (secondary N) is 1. The Hall–Kier alpha value is -3.30. The standard InChI is InChI=1S/C23H24N4O2/c1-2-3-10-27(11-12-28)16-8-9-19-21(13-16)29-22-14-20(25-15-24)17-6-4-5-7-18(17)23(22)26-19/h4-9,13-14,23,26,28H,2-3,10-12H2,1H3. The Balaban J connectivity index is 1.69. The van der Waals surface area contributed by atoms with E-state index in [1.165, 1.54) is 0 Å². The van der Waals surface area contributed by atoms with Gasteiger partial charge < -0.3 is 20.1 Å². The van der Waals surface area contributed by atoms with Gasteiger partial charge in [0.1, 0.15) is 11.8 Å². The fourth-order valence-corrected chi connectivity index (χ4v) is 3.85. The molecule has 0 radical (unpaired) electrons. The number of hydrogen-bond donors (Lipinski definition) is 2. The number of nitrogens with zero attached hydrogens (tertiary/aromatic N) is 3. The Labute approximate surface area is 170 Å². The predicted molar refractivity (Wildman–Crippen MR) is 114 cm³/mol. The molecular weight excluding hydrogens is 364 g/mol. The maximum atomic E-state index is 9.43. The van der Waals surface area contributed by atoms with Crippen molar-refractivity contribution in [2.45, 2.75) is 25.8 Å². The van der Waals surface area contributed by atoms with E-state index >= 15 is 0 Å². The number of aliphatic hydroxyl groups is 1. The molecule has 6 nitrogen and oxygen atoms in total. The third kappa shape index (κ3) is 3.69. The third-order valence-electron chi connectivity index (χ3n) is 5.29. The van der Waals surface area contributed by atoms with Gasteiger partial charge in [-0.25, -0.2) is 0 Å². The molecule has 0 fully saturated rings. The summed E-state index contributed by atoms with van der Waals surface area (Å²) in [6.07, 6.45) is 5.88. The number of hydrogen-bond acceptors (Lipinski definition) is 6. The van der Waals surface area contributed by atoms with Crippen LogP contribution in [0.5, 0.6) is 5.75 Å². The summed E-state index contributed by atoms with van der Waals surface area (Å²) in [4.78, 5) is 6.15. The second kappa shape index (κ2) is 8.38. The summed E-state index contributed by atoms with van der Waals surface area (Å²) in [6.45, 7) is 3.74. The van der Waals surface area contributed by atoms with Crippen LogP contribution in [-0.2, 0) is 0 Å². The predicted octanol–water partition coefficient (Wildman–Crippen LogP) is 4.00. The van der Waals surface area contributed by atoms with Gasteiger partial charge in [-0.3, -0.25) is 0 Å². The zero-order valence-corrected chi connectivity index (χ0v) is 16.4. The minimum Gasteiger partial charge on any atom is -0.457 e. The van der Waals surface area contributed by atoms with E-state index in [4.69, 9.17) is 10.00 Å². The molecule has 2 aromatic rings. The van der Waals surface area contributed by atoms with Crippen LogP contribution in [0.2, 0.25) is 0 Å². The number of anilines is 2. The highest BCUT2D eigenvalue weighted by atomic mass is 16.5. The molecule has 2 N–H and O–H groups in total. The van der Waals surface area contributed by atoms with Crippen molar-refractivity contribution in [1.29, 1.82) is 5.26 Å². The average molecular weight is 388 g/mol. The molecule has 0 saturated heterocycles. The van der Waals surface area contributed by atoms with Crippen LogP contribution in [0, 0.1) is 11.5 Å². The number of aliphatic imine (C=N–C) groups is 1. The molecule has 6 heteroatoms. The lowest BCUT2D eigenvalue weighted by molar-refractivity contribution is 0.301. The zero-order chi connectivity index (χ0) is 20.2. The highest BCUT2D eigenvalue weighted by Crippen LogP contribution is 2.43. The van der Waals surface area contributed by atoms with Gasteiger partial charge in [0, 0.05) is 36.5 Å². The molecule has 1 heterocycles. The molecule has 4 rings (SSSR count). The molecule has 1 atom stereocenters. The first-order valence-electron chi connectivity index (χ1n) is 9.97. The van der Waals surface area contributed by atoms with Crippen molar-refractivity contribution >= 4 is 17.1 Å². The Bertz CT molecular complexity index is 1010. The molecular formula is C23H24N4O2. The third-order valence-corrected chi connectivity index (χ3v) is 5.29. The van der Waals surface area contributed by atoms with E-state index in [-0.39, 0.29) is 12.6 Å². The van der Waals surface area contributed by atoms with Gasteiger partial charge >= 0.3 is 0 Å². The van der Waals surface area contributed by atoms with Gasteiger partial charge in [0.25, 0.3) is 0 Å². The van der Waals surface area contributed by atoms with Gasteiger partial charge in [0.05, 0.1) is 18.0 Å². The lowest BCUT2D eigenvalue weighted by Gasteiger charge is -2.34.